The smallest absolute Gasteiger partial charge is 0.145 e. The molecular weight excluding hydrogens is 1160 g/mol. The Kier molecular flexibility index (Phi) is 9.97. The maximum absolute atomic E-state index is 10.9. The summed E-state index contributed by atoms with van der Waals surface area (Å²) in [5, 5.41) is 70.2. The van der Waals surface area contributed by atoms with Crippen LogP contribution in [0, 0.1) is 45.3 Å². The molecule has 0 aliphatic carbocycles. The van der Waals surface area contributed by atoms with E-state index in [1.54, 1.807) is 0 Å². The fraction of sp³-hybridized carbons (Fsp3) is 0. The maximum atomic E-state index is 10.9. The van der Waals surface area contributed by atoms with Crippen LogP contribution in [0.1, 0.15) is 22.3 Å². The van der Waals surface area contributed by atoms with Crippen LogP contribution in [-0.2, 0) is 0 Å². The molecule has 0 amide bonds. The predicted molar refractivity (Wildman–Crippen MR) is 389 cm³/mol. The molecule has 21 rings (SSSR count). The second-order valence-corrected chi connectivity index (χ2v) is 25.3. The van der Waals surface area contributed by atoms with Gasteiger partial charge in [0.1, 0.15) is 29.9 Å². The Morgan fingerprint density at radius 1 is 0.242 bits per heavy atom. The molecule has 430 valence electrons. The van der Waals surface area contributed by atoms with E-state index in [0.29, 0.717) is 10.8 Å². The highest BCUT2D eigenvalue weighted by atomic mass is 15.0. The van der Waals surface area contributed by atoms with E-state index in [2.05, 4.69) is 274 Å². The van der Waals surface area contributed by atoms with E-state index >= 15 is 0 Å². The highest BCUT2D eigenvalue weighted by Crippen LogP contribution is 2.50. The summed E-state index contributed by atoms with van der Waals surface area (Å²) in [7, 11) is 0. The van der Waals surface area contributed by atoms with Gasteiger partial charge >= 0.3 is 0 Å². The van der Waals surface area contributed by atoms with Gasteiger partial charge in [0.15, 0.2) is 0 Å². The highest BCUT2D eigenvalue weighted by Gasteiger charge is 2.27. The summed E-state index contributed by atoms with van der Waals surface area (Å²) in [6, 6.07) is 94.5. The van der Waals surface area contributed by atoms with Crippen LogP contribution in [0.25, 0.3) is 201 Å². The van der Waals surface area contributed by atoms with Crippen LogP contribution in [0.3, 0.4) is 0 Å². The molecule has 0 unspecified atom stereocenters. The van der Waals surface area contributed by atoms with Crippen molar-refractivity contribution in [3.63, 3.8) is 0 Å². The molecular formula is C87H42N8. The van der Waals surface area contributed by atoms with Crippen LogP contribution < -0.4 is 0 Å². The Hall–Kier alpha value is -13.6. The van der Waals surface area contributed by atoms with Crippen molar-refractivity contribution in [1.29, 1.82) is 21.0 Å². The monoisotopic (exact) mass is 1200 g/mol. The van der Waals surface area contributed by atoms with Crippen molar-refractivity contribution in [2.24, 2.45) is 0 Å². The standard InChI is InChI=1S/C87H42N8/c88-40-72-66-37-69-70-38-65(56-21-8-9-22-59(56)83(70)84-53-20-7-4-18-51(53)44-93(84)80(69)39-67(66)73(41-89)75(43-91)74(72)42-90)57-25-13-27-63-76(57)45-94-79-36-49-16-2-1-15-48(49)34-68(79)61-33-32-58-54(23-11-26-60(58)82(61)85(63)94)55-24-12-28-64-77(55)46-95-86(64)81-52-19-6-3-14-47(52)30-31-62(81)71-35-50-17-5-10-29-78(50)92-87(71)95/h1-39,44-46H. The van der Waals surface area contributed by atoms with E-state index in [1.165, 1.54) is 37.7 Å². The molecule has 7 aromatic heterocycles. The third-order valence-electron chi connectivity index (χ3n) is 20.8. The molecule has 8 heteroatoms. The van der Waals surface area contributed by atoms with E-state index in [0.717, 1.165) is 153 Å². The average molecular weight is 1200 g/mol. The molecule has 0 saturated heterocycles. The fourth-order valence-electron chi connectivity index (χ4n) is 16.8. The topological polar surface area (TPSA) is 121 Å². The first kappa shape index (κ1) is 51.1. The zero-order chi connectivity index (χ0) is 62.6. The van der Waals surface area contributed by atoms with Gasteiger partial charge in [-0.15, -0.1) is 0 Å². The molecule has 95 heavy (non-hydrogen) atoms. The SMILES string of the molecule is N#Cc1c(C#N)c(C#N)c2cc3c(cc2c1C#N)c1cc(-c2cccc4c2cn2c5cc6ccccc6cc5c5ccc6c(-c7cccc8c7cn7c9nc%10ccccc%10cc9c9ccc%10ccccc%10c9c87)cccc6c5c42)c2ccccc2c1c1c2ccccc2cn31. The van der Waals surface area contributed by atoms with Gasteiger partial charge in [-0.3, -0.25) is 4.40 Å². The molecule has 14 aromatic carbocycles. The zero-order valence-electron chi connectivity index (χ0n) is 50.3. The molecule has 0 bridgehead atoms. The first-order valence-electron chi connectivity index (χ1n) is 31.7. The van der Waals surface area contributed by atoms with Gasteiger partial charge in [-0.2, -0.15) is 21.0 Å². The van der Waals surface area contributed by atoms with Crippen molar-refractivity contribution in [2.45, 2.75) is 0 Å². The van der Waals surface area contributed by atoms with Crippen molar-refractivity contribution in [3.05, 3.63) is 277 Å². The van der Waals surface area contributed by atoms with Gasteiger partial charge in [0, 0.05) is 99.4 Å². The summed E-state index contributed by atoms with van der Waals surface area (Å²) >= 11 is 0. The first-order valence-corrected chi connectivity index (χ1v) is 31.7. The lowest BCUT2D eigenvalue weighted by Crippen LogP contribution is -1.99. The van der Waals surface area contributed by atoms with Crippen molar-refractivity contribution in [2.75, 3.05) is 0 Å². The molecule has 0 atom stereocenters. The maximum Gasteiger partial charge on any atom is 0.145 e. The summed E-state index contributed by atoms with van der Waals surface area (Å²) in [5.74, 6) is 0. The zero-order valence-corrected chi connectivity index (χ0v) is 50.3. The summed E-state index contributed by atoms with van der Waals surface area (Å²) < 4.78 is 7.01. The van der Waals surface area contributed by atoms with Crippen molar-refractivity contribution in [3.8, 4) is 46.5 Å². The normalized spacial score (nSPS) is 12.2. The number of nitriles is 4. The Bertz CT molecular complexity index is 7460. The van der Waals surface area contributed by atoms with E-state index in [9.17, 15) is 21.0 Å². The summed E-state index contributed by atoms with van der Waals surface area (Å²) in [5.41, 5.74) is 11.4. The van der Waals surface area contributed by atoms with Crippen molar-refractivity contribution >= 4 is 179 Å². The highest BCUT2D eigenvalue weighted by molar-refractivity contribution is 6.35. The van der Waals surface area contributed by atoms with Gasteiger partial charge in [-0.05, 0) is 124 Å². The second kappa shape index (κ2) is 18.5. The van der Waals surface area contributed by atoms with Crippen LogP contribution in [0.15, 0.2) is 255 Å². The Labute approximate surface area is 538 Å². The van der Waals surface area contributed by atoms with Gasteiger partial charge in [0.05, 0.1) is 55.4 Å². The number of pyridine rings is 4. The molecule has 0 fully saturated rings. The summed E-state index contributed by atoms with van der Waals surface area (Å²) in [6.07, 6.45) is 6.83. The Morgan fingerprint density at radius 3 is 1.41 bits per heavy atom. The third kappa shape index (κ3) is 6.61. The molecule has 0 saturated carbocycles. The van der Waals surface area contributed by atoms with Crippen molar-refractivity contribution in [1.82, 2.24) is 18.2 Å². The molecule has 8 nitrogen and oxygen atoms in total. The number of rotatable bonds is 2. The lowest BCUT2D eigenvalue weighted by atomic mass is 9.87. The van der Waals surface area contributed by atoms with E-state index in [-0.39, 0.29) is 22.3 Å². The van der Waals surface area contributed by atoms with Gasteiger partial charge in [0.25, 0.3) is 0 Å². The first-order chi connectivity index (χ1) is 47.0. The van der Waals surface area contributed by atoms with Crippen LogP contribution in [0.2, 0.25) is 0 Å². The largest absolute Gasteiger partial charge is 0.315 e. The van der Waals surface area contributed by atoms with E-state index in [1.807, 2.05) is 18.2 Å². The van der Waals surface area contributed by atoms with Gasteiger partial charge < -0.3 is 8.80 Å². The Morgan fingerprint density at radius 2 is 0.684 bits per heavy atom. The van der Waals surface area contributed by atoms with Gasteiger partial charge in [0.2, 0.25) is 0 Å². The predicted octanol–water partition coefficient (Wildman–Crippen LogP) is 22.0. The fourth-order valence-corrected chi connectivity index (χ4v) is 16.8. The summed E-state index contributed by atoms with van der Waals surface area (Å²) in [4.78, 5) is 5.45. The van der Waals surface area contributed by atoms with E-state index < -0.39 is 0 Å². The van der Waals surface area contributed by atoms with Crippen LogP contribution in [0.5, 0.6) is 0 Å². The lowest BCUT2D eigenvalue weighted by molar-refractivity contribution is 1.24. The van der Waals surface area contributed by atoms with E-state index in [4.69, 9.17) is 4.98 Å². The van der Waals surface area contributed by atoms with Crippen molar-refractivity contribution < 1.29 is 0 Å². The number of hydrogen-bond donors (Lipinski definition) is 0. The third-order valence-corrected chi connectivity index (χ3v) is 20.8. The quantitative estimate of drug-likeness (QED) is 0.126. The number of aromatic nitrogens is 4. The Balaban J connectivity index is 0.873. The molecule has 0 aliphatic heterocycles. The second-order valence-electron chi connectivity index (χ2n) is 25.3. The van der Waals surface area contributed by atoms with Crippen LogP contribution in [-0.4, -0.2) is 18.2 Å². The minimum atomic E-state index is -0.0957. The average Bonchev–Trinajstić information content (AvgIpc) is 1.66. The summed E-state index contributed by atoms with van der Waals surface area (Å²) in [6.45, 7) is 0. The van der Waals surface area contributed by atoms with Gasteiger partial charge in [-0.1, -0.05) is 194 Å². The molecule has 7 heterocycles. The number of para-hydroxylation sites is 1. The lowest BCUT2D eigenvalue weighted by Gasteiger charge is -2.18. The number of hydrogen-bond acceptors (Lipinski definition) is 5. The number of nitrogens with zero attached hydrogens (tertiary/aromatic N) is 8. The number of benzene rings is 14. The van der Waals surface area contributed by atoms with Crippen LogP contribution >= 0.6 is 0 Å². The minimum absolute atomic E-state index is 0.0716. The van der Waals surface area contributed by atoms with Gasteiger partial charge in [-0.25, -0.2) is 4.98 Å². The molecule has 0 aliphatic rings. The number of fused-ring (bicyclic) bond motifs is 33. The molecule has 0 radical (unpaired) electrons. The molecule has 21 aromatic rings. The van der Waals surface area contributed by atoms with Crippen LogP contribution in [0.4, 0.5) is 0 Å². The molecule has 0 N–H and O–H groups in total. The minimum Gasteiger partial charge on any atom is -0.315 e. The molecule has 0 spiro atoms.